The Morgan fingerprint density at radius 3 is 2.55 bits per heavy atom. The summed E-state index contributed by atoms with van der Waals surface area (Å²) in [4.78, 5) is 14.7. The summed E-state index contributed by atoms with van der Waals surface area (Å²) in [5.74, 6) is -0.0219. The molecular formula is C15H20N4O. The van der Waals surface area contributed by atoms with Gasteiger partial charge in [0.25, 0.3) is 5.91 Å². The molecule has 0 bridgehead atoms. The van der Waals surface area contributed by atoms with Crippen molar-refractivity contribution >= 4 is 16.8 Å². The number of nitrogens with one attached hydrogen (secondary N) is 1. The van der Waals surface area contributed by atoms with E-state index in [9.17, 15) is 4.79 Å². The number of hydrazine groups is 1. The first-order chi connectivity index (χ1) is 9.65. The van der Waals surface area contributed by atoms with Crippen LogP contribution in [0.1, 0.15) is 10.4 Å². The number of para-hydroxylation sites is 1. The third kappa shape index (κ3) is 2.42. The first-order valence-electron chi connectivity index (χ1n) is 6.93. The minimum absolute atomic E-state index is 0.0219. The predicted octanol–water partition coefficient (Wildman–Crippen LogP) is 1.07. The second kappa shape index (κ2) is 5.26. The lowest BCUT2D eigenvalue weighted by Crippen LogP contribution is -2.52. The van der Waals surface area contributed by atoms with E-state index in [-0.39, 0.29) is 5.91 Å². The van der Waals surface area contributed by atoms with Crippen LogP contribution < -0.4 is 5.43 Å². The molecule has 0 spiro atoms. The Labute approximate surface area is 118 Å². The fourth-order valence-electron chi connectivity index (χ4n) is 2.64. The molecule has 106 valence electrons. The zero-order valence-electron chi connectivity index (χ0n) is 12.0. The van der Waals surface area contributed by atoms with Crippen LogP contribution in [0.15, 0.2) is 30.5 Å². The molecule has 20 heavy (non-hydrogen) atoms. The summed E-state index contributed by atoms with van der Waals surface area (Å²) in [5.41, 5.74) is 4.83. The molecule has 1 N–H and O–H groups in total. The van der Waals surface area contributed by atoms with Gasteiger partial charge in [-0.3, -0.25) is 10.2 Å². The van der Waals surface area contributed by atoms with Crippen molar-refractivity contribution in [2.75, 3.05) is 33.2 Å². The van der Waals surface area contributed by atoms with Crippen molar-refractivity contribution < 1.29 is 4.79 Å². The van der Waals surface area contributed by atoms with E-state index in [4.69, 9.17) is 0 Å². The van der Waals surface area contributed by atoms with Gasteiger partial charge in [-0.1, -0.05) is 18.2 Å². The Morgan fingerprint density at radius 1 is 1.10 bits per heavy atom. The van der Waals surface area contributed by atoms with E-state index in [0.29, 0.717) is 0 Å². The lowest BCUT2D eigenvalue weighted by molar-refractivity contribution is 0.0664. The summed E-state index contributed by atoms with van der Waals surface area (Å²) in [6.07, 6.45) is 1.90. The second-order valence-corrected chi connectivity index (χ2v) is 5.40. The van der Waals surface area contributed by atoms with Crippen LogP contribution in [-0.4, -0.2) is 53.6 Å². The molecule has 3 rings (SSSR count). The van der Waals surface area contributed by atoms with Gasteiger partial charge in [0.05, 0.1) is 5.56 Å². The zero-order valence-corrected chi connectivity index (χ0v) is 12.0. The number of hydrogen-bond donors (Lipinski definition) is 1. The molecule has 5 heteroatoms. The summed E-state index contributed by atoms with van der Waals surface area (Å²) in [6, 6.07) is 7.98. The summed E-state index contributed by atoms with van der Waals surface area (Å²) < 4.78 is 1.99. The molecule has 5 nitrogen and oxygen atoms in total. The molecule has 0 aliphatic carbocycles. The molecule has 1 aromatic heterocycles. The molecule has 1 saturated heterocycles. The largest absolute Gasteiger partial charge is 0.350 e. The minimum Gasteiger partial charge on any atom is -0.350 e. The van der Waals surface area contributed by atoms with Crippen molar-refractivity contribution in [3.63, 3.8) is 0 Å². The van der Waals surface area contributed by atoms with Gasteiger partial charge in [0, 0.05) is 50.3 Å². The van der Waals surface area contributed by atoms with Crippen molar-refractivity contribution in [1.82, 2.24) is 19.9 Å². The first kappa shape index (κ1) is 13.1. The SMILES string of the molecule is CN1CCN(NC(=O)c2cn(C)c3ccccc23)CC1. The summed E-state index contributed by atoms with van der Waals surface area (Å²) >= 11 is 0. The number of hydrogen-bond acceptors (Lipinski definition) is 3. The molecule has 0 saturated carbocycles. The monoisotopic (exact) mass is 272 g/mol. The number of nitrogens with zero attached hydrogens (tertiary/aromatic N) is 3. The van der Waals surface area contributed by atoms with E-state index < -0.39 is 0 Å². The molecule has 2 aromatic rings. The van der Waals surface area contributed by atoms with Gasteiger partial charge < -0.3 is 9.47 Å². The highest BCUT2D eigenvalue weighted by Crippen LogP contribution is 2.20. The Kier molecular flexibility index (Phi) is 3.46. The van der Waals surface area contributed by atoms with Gasteiger partial charge in [-0.05, 0) is 13.1 Å². The van der Waals surface area contributed by atoms with E-state index >= 15 is 0 Å². The maximum atomic E-state index is 12.4. The lowest BCUT2D eigenvalue weighted by Gasteiger charge is -2.32. The Balaban J connectivity index is 1.79. The highest BCUT2D eigenvalue weighted by Gasteiger charge is 2.19. The Morgan fingerprint density at radius 2 is 1.80 bits per heavy atom. The number of amides is 1. The van der Waals surface area contributed by atoms with Crippen molar-refractivity contribution in [3.05, 3.63) is 36.0 Å². The third-order valence-corrected chi connectivity index (χ3v) is 3.90. The maximum Gasteiger partial charge on any atom is 0.267 e. The van der Waals surface area contributed by atoms with Gasteiger partial charge in [0.15, 0.2) is 0 Å². The van der Waals surface area contributed by atoms with Crippen molar-refractivity contribution in [1.29, 1.82) is 0 Å². The molecule has 1 amide bonds. The number of rotatable bonds is 2. The molecule has 0 atom stereocenters. The van der Waals surface area contributed by atoms with Crippen LogP contribution in [0.5, 0.6) is 0 Å². The normalized spacial score (nSPS) is 17.5. The maximum absolute atomic E-state index is 12.4. The number of piperazine rings is 1. The van der Waals surface area contributed by atoms with Crippen molar-refractivity contribution in [2.45, 2.75) is 0 Å². The Bertz CT molecular complexity index is 626. The van der Waals surface area contributed by atoms with Crippen LogP contribution >= 0.6 is 0 Å². The van der Waals surface area contributed by atoms with E-state index in [2.05, 4.69) is 17.4 Å². The topological polar surface area (TPSA) is 40.5 Å². The molecule has 1 fully saturated rings. The quantitative estimate of drug-likeness (QED) is 0.889. The van der Waals surface area contributed by atoms with Gasteiger partial charge in [-0.25, -0.2) is 5.01 Å². The number of aromatic nitrogens is 1. The van der Waals surface area contributed by atoms with E-state index in [0.717, 1.165) is 42.6 Å². The summed E-state index contributed by atoms with van der Waals surface area (Å²) in [5, 5.41) is 3.01. The molecule has 1 aliphatic heterocycles. The van der Waals surface area contributed by atoms with E-state index in [1.165, 1.54) is 0 Å². The third-order valence-electron chi connectivity index (χ3n) is 3.90. The van der Waals surface area contributed by atoms with Gasteiger partial charge in [-0.2, -0.15) is 0 Å². The van der Waals surface area contributed by atoms with Gasteiger partial charge in [0.2, 0.25) is 0 Å². The fourth-order valence-corrected chi connectivity index (χ4v) is 2.64. The number of aryl methyl sites for hydroxylation is 1. The first-order valence-corrected chi connectivity index (χ1v) is 6.93. The predicted molar refractivity (Wildman–Crippen MR) is 79.5 cm³/mol. The second-order valence-electron chi connectivity index (χ2n) is 5.40. The molecular weight excluding hydrogens is 252 g/mol. The van der Waals surface area contributed by atoms with Crippen LogP contribution in [0.4, 0.5) is 0 Å². The van der Waals surface area contributed by atoms with Crippen LogP contribution in [0.3, 0.4) is 0 Å². The average molecular weight is 272 g/mol. The standard InChI is InChI=1S/C15H20N4O/c1-17-7-9-19(10-8-17)16-15(20)13-11-18(2)14-6-4-3-5-12(13)14/h3-6,11H,7-10H2,1-2H3,(H,16,20). The number of likely N-dealkylation sites (N-methyl/N-ethyl adjacent to an activating group) is 1. The smallest absolute Gasteiger partial charge is 0.267 e. The molecule has 1 aromatic carbocycles. The van der Waals surface area contributed by atoms with Gasteiger partial charge >= 0.3 is 0 Å². The van der Waals surface area contributed by atoms with Crippen LogP contribution in [0.25, 0.3) is 10.9 Å². The van der Waals surface area contributed by atoms with Crippen molar-refractivity contribution in [3.8, 4) is 0 Å². The van der Waals surface area contributed by atoms with Gasteiger partial charge in [0.1, 0.15) is 0 Å². The highest BCUT2D eigenvalue weighted by molar-refractivity contribution is 6.06. The minimum atomic E-state index is -0.0219. The summed E-state index contributed by atoms with van der Waals surface area (Å²) in [7, 11) is 4.07. The molecule has 2 heterocycles. The van der Waals surface area contributed by atoms with Crippen LogP contribution in [0, 0.1) is 0 Å². The lowest BCUT2D eigenvalue weighted by atomic mass is 10.2. The summed E-state index contributed by atoms with van der Waals surface area (Å²) in [6.45, 7) is 3.70. The number of benzene rings is 1. The Hall–Kier alpha value is -1.85. The van der Waals surface area contributed by atoms with Crippen LogP contribution in [-0.2, 0) is 7.05 Å². The fraction of sp³-hybridized carbons (Fsp3) is 0.400. The van der Waals surface area contributed by atoms with Crippen LogP contribution in [0.2, 0.25) is 0 Å². The average Bonchev–Trinajstić information content (AvgIpc) is 2.79. The van der Waals surface area contributed by atoms with E-state index in [1.807, 2.05) is 47.1 Å². The molecule has 0 radical (unpaired) electrons. The van der Waals surface area contributed by atoms with Crippen molar-refractivity contribution in [2.24, 2.45) is 7.05 Å². The zero-order chi connectivity index (χ0) is 14.1. The highest BCUT2D eigenvalue weighted by atomic mass is 16.2. The number of fused-ring (bicyclic) bond motifs is 1. The molecule has 0 unspecified atom stereocenters. The van der Waals surface area contributed by atoms with E-state index in [1.54, 1.807) is 0 Å². The number of carbonyl (C=O) groups is 1. The molecule has 1 aliphatic rings. The van der Waals surface area contributed by atoms with Gasteiger partial charge in [-0.15, -0.1) is 0 Å². The number of carbonyl (C=O) groups excluding carboxylic acids is 1.